The van der Waals surface area contributed by atoms with E-state index in [4.69, 9.17) is 18.6 Å². The maximum absolute atomic E-state index is 6.95. The van der Waals surface area contributed by atoms with Crippen LogP contribution in [0.2, 0.25) is 0 Å². The number of fused-ring (bicyclic) bond motifs is 18. The summed E-state index contributed by atoms with van der Waals surface area (Å²) in [5.41, 5.74) is 16.9. The minimum atomic E-state index is -0.0318. The zero-order chi connectivity index (χ0) is 47.1. The topological polar surface area (TPSA) is 62.1 Å². The monoisotopic (exact) mass is 914 g/mol. The molecule has 0 saturated carbocycles. The molecule has 0 spiro atoms. The van der Waals surface area contributed by atoms with Crippen molar-refractivity contribution in [1.29, 1.82) is 0 Å². The van der Waals surface area contributed by atoms with E-state index in [0.717, 1.165) is 133 Å². The van der Waals surface area contributed by atoms with Gasteiger partial charge in [0.15, 0.2) is 0 Å². The van der Waals surface area contributed by atoms with Crippen molar-refractivity contribution in [3.05, 3.63) is 212 Å². The molecular formula is C64H42N4O3. The number of pyridine rings is 1. The minimum absolute atomic E-state index is 0.0318. The molecule has 0 atom stereocenters. The maximum Gasteiger partial charge on any atom is 0.269 e. The zero-order valence-electron chi connectivity index (χ0n) is 39.1. The van der Waals surface area contributed by atoms with Crippen LogP contribution in [0.15, 0.2) is 209 Å². The van der Waals surface area contributed by atoms with Gasteiger partial charge in [-0.3, -0.25) is 13.7 Å². The van der Waals surface area contributed by atoms with Crippen molar-refractivity contribution >= 4 is 76.7 Å². The molecule has 5 aromatic heterocycles. The average Bonchev–Trinajstić information content (AvgIpc) is 4.18. The van der Waals surface area contributed by atoms with Gasteiger partial charge in [0, 0.05) is 55.7 Å². The van der Waals surface area contributed by atoms with E-state index in [1.165, 1.54) is 5.56 Å². The first-order chi connectivity index (χ1) is 34.8. The van der Waals surface area contributed by atoms with Gasteiger partial charge < -0.3 is 13.6 Å². The van der Waals surface area contributed by atoms with Gasteiger partial charge in [-0.1, -0.05) is 136 Å². The van der Waals surface area contributed by atoms with Crippen LogP contribution in [0.5, 0.6) is 11.5 Å². The number of imidazole rings is 1. The highest BCUT2D eigenvalue weighted by atomic mass is 16.5. The van der Waals surface area contributed by atoms with E-state index in [2.05, 4.69) is 211 Å². The van der Waals surface area contributed by atoms with Crippen LogP contribution in [0.4, 0.5) is 0 Å². The Kier molecular flexibility index (Phi) is 8.21. The number of benzene rings is 9. The van der Waals surface area contributed by atoms with Crippen LogP contribution in [0.25, 0.3) is 127 Å². The highest BCUT2D eigenvalue weighted by molar-refractivity contribution is 6.18. The number of furan rings is 2. The Morgan fingerprint density at radius 2 is 1.18 bits per heavy atom. The standard InChI is InChI=1S/C64H42N4O3/c1-64(2,3)38-32-33-65-58(34-38)68-52-22-9-6-18-44(52)45-27-26-41(36-54(45)68)69-40-15-12-14-39(35-40)66-37-67-61-48(21-13-23-53(61)66)43-17-5-4-16-42(43)47-28-29-49-46-19-7-10-24-55(46)71-63(49)59(47)51-30-31-57-60(62(51)67)50-20-8-11-25-56(50)70-57/h4-36H,1-3H3. The SMILES string of the molecule is CC(C)(C)c1ccnc(-n2c3ccccc3c3ccc(Oc4cccc(-n5[c-][n+]6c7c(cccc75)-c5ccccc5-c5ccc7c(oc8ccccc87)c5-c5ccc7oc8ccccc8c7c5-6)c4)cc32)c1. The van der Waals surface area contributed by atoms with Crippen LogP contribution in [0.1, 0.15) is 26.3 Å². The van der Waals surface area contributed by atoms with Gasteiger partial charge in [0.2, 0.25) is 0 Å². The second-order valence-electron chi connectivity index (χ2n) is 19.7. The number of nitrogens with zero attached hydrogens (tertiary/aromatic N) is 4. The molecule has 7 nitrogen and oxygen atoms in total. The maximum atomic E-state index is 6.95. The molecule has 1 aliphatic rings. The van der Waals surface area contributed by atoms with Crippen molar-refractivity contribution in [2.24, 2.45) is 0 Å². The fourth-order valence-electron chi connectivity index (χ4n) is 11.3. The van der Waals surface area contributed by atoms with Gasteiger partial charge in [-0.05, 0) is 106 Å². The third kappa shape index (κ3) is 5.84. The summed E-state index contributed by atoms with van der Waals surface area (Å²) in [6, 6.07) is 68.2. The van der Waals surface area contributed by atoms with Gasteiger partial charge >= 0.3 is 0 Å². The smallest absolute Gasteiger partial charge is 0.269 e. The largest absolute Gasteiger partial charge is 0.458 e. The molecule has 0 bridgehead atoms. The van der Waals surface area contributed by atoms with E-state index in [1.807, 2.05) is 30.5 Å². The van der Waals surface area contributed by atoms with Crippen molar-refractivity contribution in [2.75, 3.05) is 0 Å². The summed E-state index contributed by atoms with van der Waals surface area (Å²) in [4.78, 5) is 4.91. The van der Waals surface area contributed by atoms with E-state index in [0.29, 0.717) is 5.75 Å². The summed E-state index contributed by atoms with van der Waals surface area (Å²) < 4.78 is 27.2. The van der Waals surface area contributed by atoms with Crippen LogP contribution < -0.4 is 9.30 Å². The molecule has 9 aromatic carbocycles. The Morgan fingerprint density at radius 3 is 2.04 bits per heavy atom. The third-order valence-electron chi connectivity index (χ3n) is 14.5. The Morgan fingerprint density at radius 1 is 0.507 bits per heavy atom. The molecule has 0 amide bonds. The highest BCUT2D eigenvalue weighted by Crippen LogP contribution is 2.50. The van der Waals surface area contributed by atoms with Crippen LogP contribution in [0.3, 0.4) is 0 Å². The molecule has 7 heteroatoms. The van der Waals surface area contributed by atoms with Gasteiger partial charge in [-0.15, -0.1) is 0 Å². The summed E-state index contributed by atoms with van der Waals surface area (Å²) >= 11 is 0. The molecule has 0 unspecified atom stereocenters. The number of para-hydroxylation sites is 4. The summed E-state index contributed by atoms with van der Waals surface area (Å²) in [5, 5.41) is 6.48. The first kappa shape index (κ1) is 39.8. The quantitative estimate of drug-likeness (QED) is 0.130. The summed E-state index contributed by atoms with van der Waals surface area (Å²) in [5.74, 6) is 2.30. The number of ether oxygens (including phenoxy) is 1. The van der Waals surface area contributed by atoms with Gasteiger partial charge in [-0.25, -0.2) is 4.98 Å². The molecule has 0 radical (unpaired) electrons. The van der Waals surface area contributed by atoms with Crippen molar-refractivity contribution in [2.45, 2.75) is 26.2 Å². The lowest BCUT2D eigenvalue weighted by Gasteiger charge is -2.20. The summed E-state index contributed by atoms with van der Waals surface area (Å²) in [7, 11) is 0. The number of rotatable bonds is 4. The molecule has 14 aromatic rings. The molecule has 15 rings (SSSR count). The van der Waals surface area contributed by atoms with Crippen molar-refractivity contribution in [3.63, 3.8) is 0 Å². The Balaban J connectivity index is 0.953. The van der Waals surface area contributed by atoms with Crippen LogP contribution in [0, 0.1) is 6.33 Å². The van der Waals surface area contributed by atoms with E-state index in [1.54, 1.807) is 0 Å². The van der Waals surface area contributed by atoms with Gasteiger partial charge in [0.1, 0.15) is 39.6 Å². The Labute approximate surface area is 407 Å². The average molecular weight is 915 g/mol. The van der Waals surface area contributed by atoms with E-state index < -0.39 is 0 Å². The lowest BCUT2D eigenvalue weighted by atomic mass is 9.87. The van der Waals surface area contributed by atoms with Crippen LogP contribution in [-0.2, 0) is 5.41 Å². The normalized spacial score (nSPS) is 12.4. The molecule has 1 aliphatic heterocycles. The zero-order valence-corrected chi connectivity index (χ0v) is 39.1. The van der Waals surface area contributed by atoms with Gasteiger partial charge in [0.25, 0.3) is 6.33 Å². The molecular weight excluding hydrogens is 873 g/mol. The highest BCUT2D eigenvalue weighted by Gasteiger charge is 2.30. The van der Waals surface area contributed by atoms with E-state index in [-0.39, 0.29) is 5.41 Å². The minimum Gasteiger partial charge on any atom is -0.458 e. The van der Waals surface area contributed by atoms with Crippen molar-refractivity contribution in [3.8, 4) is 62.1 Å². The fraction of sp³-hybridized carbons (Fsp3) is 0.0625. The Bertz CT molecular complexity index is 4560. The first-order valence-corrected chi connectivity index (χ1v) is 24.1. The molecule has 71 heavy (non-hydrogen) atoms. The van der Waals surface area contributed by atoms with Gasteiger partial charge in [0.05, 0.1) is 33.4 Å². The van der Waals surface area contributed by atoms with Crippen molar-refractivity contribution in [1.82, 2.24) is 14.1 Å². The number of hydrogen-bond acceptors (Lipinski definition) is 4. The van der Waals surface area contributed by atoms with Crippen molar-refractivity contribution < 1.29 is 18.1 Å². The fourth-order valence-corrected chi connectivity index (χ4v) is 11.3. The molecule has 0 saturated heterocycles. The lowest BCUT2D eigenvalue weighted by Crippen LogP contribution is -2.31. The number of hydrogen-bond donors (Lipinski definition) is 0. The summed E-state index contributed by atoms with van der Waals surface area (Å²) in [6.45, 7) is 6.71. The Hall–Kier alpha value is -9.20. The third-order valence-corrected chi connectivity index (χ3v) is 14.5. The molecule has 0 fully saturated rings. The second-order valence-corrected chi connectivity index (χ2v) is 19.7. The van der Waals surface area contributed by atoms with Crippen LogP contribution in [-0.4, -0.2) is 14.1 Å². The predicted molar refractivity (Wildman–Crippen MR) is 285 cm³/mol. The second kappa shape index (κ2) is 14.7. The van der Waals surface area contributed by atoms with E-state index in [9.17, 15) is 0 Å². The van der Waals surface area contributed by atoms with E-state index >= 15 is 0 Å². The predicted octanol–water partition coefficient (Wildman–Crippen LogP) is 16.4. The van der Waals surface area contributed by atoms with Crippen LogP contribution >= 0.6 is 0 Å². The number of aromatic nitrogens is 4. The molecule has 6 heterocycles. The summed E-state index contributed by atoms with van der Waals surface area (Å²) in [6.07, 6.45) is 5.86. The molecule has 336 valence electrons. The lowest BCUT2D eigenvalue weighted by molar-refractivity contribution is -0.569. The molecule has 0 N–H and O–H groups in total. The first-order valence-electron chi connectivity index (χ1n) is 24.1. The molecule has 0 aliphatic carbocycles. The van der Waals surface area contributed by atoms with Gasteiger partial charge in [-0.2, -0.15) is 0 Å².